The molecule has 1 heterocycles. The highest BCUT2D eigenvalue weighted by Gasteiger charge is 2.09. The third-order valence-corrected chi connectivity index (χ3v) is 3.52. The van der Waals surface area contributed by atoms with Crippen molar-refractivity contribution in [2.45, 2.75) is 5.16 Å². The molecule has 0 N–H and O–H groups in total. The predicted octanol–water partition coefficient (Wildman–Crippen LogP) is 3.60. The number of benzene rings is 1. The van der Waals surface area contributed by atoms with Crippen molar-refractivity contribution >= 4 is 46.0 Å². The molecule has 14 heavy (non-hydrogen) atoms. The van der Waals surface area contributed by atoms with E-state index in [-0.39, 0.29) is 0 Å². The molecule has 0 aliphatic carbocycles. The van der Waals surface area contributed by atoms with Gasteiger partial charge in [0.2, 0.25) is 0 Å². The summed E-state index contributed by atoms with van der Waals surface area (Å²) in [5.74, 6) is 0. The number of nitrogens with zero attached hydrogens (tertiary/aromatic N) is 2. The molecule has 1 aromatic carbocycles. The lowest BCUT2D eigenvalue weighted by atomic mass is 10.3. The van der Waals surface area contributed by atoms with E-state index in [1.807, 2.05) is 23.9 Å². The van der Waals surface area contributed by atoms with Crippen LogP contribution < -0.4 is 0 Å². The van der Waals surface area contributed by atoms with Crippen molar-refractivity contribution in [3.63, 3.8) is 0 Å². The van der Waals surface area contributed by atoms with E-state index < -0.39 is 0 Å². The normalized spacial score (nSPS) is 11.1. The van der Waals surface area contributed by atoms with Crippen molar-refractivity contribution in [1.82, 2.24) is 9.55 Å². The first kappa shape index (κ1) is 10.1. The molecule has 5 heteroatoms. The summed E-state index contributed by atoms with van der Waals surface area (Å²) in [4.78, 5) is 4.42. The predicted molar refractivity (Wildman–Crippen MR) is 62.5 cm³/mol. The summed E-state index contributed by atoms with van der Waals surface area (Å²) in [7, 11) is 1.96. The summed E-state index contributed by atoms with van der Waals surface area (Å²) < 4.78 is 2.00. The molecule has 74 valence electrons. The lowest BCUT2D eigenvalue weighted by Crippen LogP contribution is -1.88. The maximum atomic E-state index is 5.93. The van der Waals surface area contributed by atoms with Gasteiger partial charge in [0, 0.05) is 7.05 Å². The molecule has 0 amide bonds. The van der Waals surface area contributed by atoms with Crippen LogP contribution in [0.5, 0.6) is 0 Å². The van der Waals surface area contributed by atoms with E-state index in [4.69, 9.17) is 23.2 Å². The zero-order valence-corrected chi connectivity index (χ0v) is 10.0. The summed E-state index contributed by atoms with van der Waals surface area (Å²) in [6.45, 7) is 0. The van der Waals surface area contributed by atoms with Crippen LogP contribution in [0.15, 0.2) is 17.3 Å². The number of aromatic nitrogens is 2. The Balaban J connectivity index is 2.80. The molecule has 2 rings (SSSR count). The second-order valence-corrected chi connectivity index (χ2v) is 4.50. The number of thioether (sulfide) groups is 1. The van der Waals surface area contributed by atoms with Crippen LogP contribution in [0.3, 0.4) is 0 Å². The highest BCUT2D eigenvalue weighted by Crippen LogP contribution is 2.29. The van der Waals surface area contributed by atoms with Gasteiger partial charge in [-0.1, -0.05) is 35.0 Å². The summed E-state index contributed by atoms with van der Waals surface area (Å²) in [6.07, 6.45) is 1.99. The van der Waals surface area contributed by atoms with Crippen LogP contribution in [-0.2, 0) is 7.05 Å². The molecule has 1 aromatic heterocycles. The van der Waals surface area contributed by atoms with Gasteiger partial charge in [-0.2, -0.15) is 0 Å². The van der Waals surface area contributed by atoms with E-state index in [0.717, 1.165) is 16.2 Å². The van der Waals surface area contributed by atoms with Crippen molar-refractivity contribution < 1.29 is 0 Å². The van der Waals surface area contributed by atoms with Crippen LogP contribution >= 0.6 is 35.0 Å². The Hall–Kier alpha value is -0.380. The van der Waals surface area contributed by atoms with E-state index in [2.05, 4.69) is 4.98 Å². The van der Waals surface area contributed by atoms with Gasteiger partial charge >= 0.3 is 0 Å². The molecule has 0 saturated carbocycles. The highest BCUT2D eigenvalue weighted by molar-refractivity contribution is 7.98. The quantitative estimate of drug-likeness (QED) is 0.716. The van der Waals surface area contributed by atoms with E-state index >= 15 is 0 Å². The average Bonchev–Trinajstić information content (AvgIpc) is 2.45. The summed E-state index contributed by atoms with van der Waals surface area (Å²) in [6, 6.07) is 3.63. The van der Waals surface area contributed by atoms with Crippen LogP contribution in [0.1, 0.15) is 0 Å². The van der Waals surface area contributed by atoms with Gasteiger partial charge < -0.3 is 4.57 Å². The number of imidazole rings is 1. The molecular weight excluding hydrogens is 239 g/mol. The number of hydrogen-bond acceptors (Lipinski definition) is 2. The minimum absolute atomic E-state index is 0.546. The van der Waals surface area contributed by atoms with Gasteiger partial charge in [-0.15, -0.1) is 0 Å². The number of aryl methyl sites for hydroxylation is 1. The molecule has 2 aromatic rings. The number of halogens is 2. The Labute approximate surface area is 96.2 Å². The van der Waals surface area contributed by atoms with Gasteiger partial charge in [-0.05, 0) is 18.4 Å². The molecule has 0 aliphatic heterocycles. The summed E-state index contributed by atoms with van der Waals surface area (Å²) >= 11 is 13.4. The maximum Gasteiger partial charge on any atom is 0.168 e. The first-order valence-corrected chi connectivity index (χ1v) is 5.97. The Morgan fingerprint density at radius 2 is 1.93 bits per heavy atom. The minimum atomic E-state index is 0.546. The van der Waals surface area contributed by atoms with E-state index in [0.29, 0.717) is 10.0 Å². The standard InChI is InChI=1S/C9H8Cl2N2S/c1-13-8-4-6(11)5(10)3-7(8)12-9(13)14-2/h3-4H,1-2H3. The number of fused-ring (bicyclic) bond motifs is 1. The first-order valence-electron chi connectivity index (χ1n) is 3.99. The summed E-state index contributed by atoms with van der Waals surface area (Å²) in [5.41, 5.74) is 1.88. The maximum absolute atomic E-state index is 5.93. The van der Waals surface area contributed by atoms with Crippen molar-refractivity contribution in [3.05, 3.63) is 22.2 Å². The molecule has 0 saturated heterocycles. The van der Waals surface area contributed by atoms with Gasteiger partial charge in [0.15, 0.2) is 5.16 Å². The average molecular weight is 247 g/mol. The van der Waals surface area contributed by atoms with Gasteiger partial charge in [0.1, 0.15) is 0 Å². The van der Waals surface area contributed by atoms with Crippen LogP contribution in [0.25, 0.3) is 11.0 Å². The van der Waals surface area contributed by atoms with Crippen LogP contribution in [0.2, 0.25) is 10.0 Å². The first-order chi connectivity index (χ1) is 6.63. The van der Waals surface area contributed by atoms with Gasteiger partial charge in [-0.25, -0.2) is 4.98 Å². The van der Waals surface area contributed by atoms with Crippen LogP contribution in [-0.4, -0.2) is 15.8 Å². The third-order valence-electron chi connectivity index (χ3n) is 2.06. The van der Waals surface area contributed by atoms with E-state index in [1.54, 1.807) is 17.8 Å². The molecule has 0 spiro atoms. The second kappa shape index (κ2) is 3.65. The van der Waals surface area contributed by atoms with Gasteiger partial charge in [0.25, 0.3) is 0 Å². The van der Waals surface area contributed by atoms with Crippen molar-refractivity contribution in [2.24, 2.45) is 7.05 Å². The monoisotopic (exact) mass is 246 g/mol. The summed E-state index contributed by atoms with van der Waals surface area (Å²) in [5, 5.41) is 2.07. The topological polar surface area (TPSA) is 17.8 Å². The Morgan fingerprint density at radius 1 is 1.29 bits per heavy atom. The fourth-order valence-electron chi connectivity index (χ4n) is 1.35. The SMILES string of the molecule is CSc1nc2cc(Cl)c(Cl)cc2n1C. The third kappa shape index (κ3) is 1.49. The van der Waals surface area contributed by atoms with Crippen molar-refractivity contribution in [1.29, 1.82) is 0 Å². The Kier molecular flexibility index (Phi) is 2.64. The molecular formula is C9H8Cl2N2S. The molecule has 0 radical (unpaired) electrons. The molecule has 2 nitrogen and oxygen atoms in total. The van der Waals surface area contributed by atoms with Crippen molar-refractivity contribution in [3.8, 4) is 0 Å². The molecule has 0 aliphatic rings. The molecule has 0 atom stereocenters. The largest absolute Gasteiger partial charge is 0.322 e. The Morgan fingerprint density at radius 3 is 2.57 bits per heavy atom. The molecule has 0 fully saturated rings. The number of rotatable bonds is 1. The van der Waals surface area contributed by atoms with Crippen molar-refractivity contribution in [2.75, 3.05) is 6.26 Å². The minimum Gasteiger partial charge on any atom is -0.322 e. The fourth-order valence-corrected chi connectivity index (χ4v) is 2.23. The van der Waals surface area contributed by atoms with Crippen LogP contribution in [0.4, 0.5) is 0 Å². The second-order valence-electron chi connectivity index (χ2n) is 2.91. The molecule has 0 bridgehead atoms. The zero-order chi connectivity index (χ0) is 10.3. The number of hydrogen-bond donors (Lipinski definition) is 0. The van der Waals surface area contributed by atoms with E-state index in [9.17, 15) is 0 Å². The lowest BCUT2D eigenvalue weighted by Gasteiger charge is -1.98. The highest BCUT2D eigenvalue weighted by atomic mass is 35.5. The Bertz CT molecular complexity index is 493. The fraction of sp³-hybridized carbons (Fsp3) is 0.222. The lowest BCUT2D eigenvalue weighted by molar-refractivity contribution is 0.817. The van der Waals surface area contributed by atoms with Crippen LogP contribution in [0, 0.1) is 0 Å². The molecule has 0 unspecified atom stereocenters. The smallest absolute Gasteiger partial charge is 0.168 e. The zero-order valence-electron chi connectivity index (χ0n) is 7.71. The van der Waals surface area contributed by atoms with Gasteiger partial charge in [0.05, 0.1) is 21.1 Å². The van der Waals surface area contributed by atoms with E-state index in [1.165, 1.54) is 0 Å². The van der Waals surface area contributed by atoms with Gasteiger partial charge in [-0.3, -0.25) is 0 Å².